The summed E-state index contributed by atoms with van der Waals surface area (Å²) in [5, 5.41) is 8.35. The van der Waals surface area contributed by atoms with E-state index in [1.54, 1.807) is 6.07 Å². The Balaban J connectivity index is 1.80. The van der Waals surface area contributed by atoms with Gasteiger partial charge in [-0.3, -0.25) is 4.79 Å². The lowest BCUT2D eigenvalue weighted by Gasteiger charge is -2.08. The van der Waals surface area contributed by atoms with Crippen LogP contribution in [0.2, 0.25) is 5.02 Å². The van der Waals surface area contributed by atoms with Crippen LogP contribution in [0.25, 0.3) is 11.0 Å². The van der Waals surface area contributed by atoms with Crippen LogP contribution in [-0.4, -0.2) is 29.6 Å². The molecule has 1 amide bonds. The lowest BCUT2D eigenvalue weighted by molar-refractivity contribution is -0.113. The molecular weight excluding hydrogens is 439 g/mol. The molecule has 3 rings (SSSR count). The summed E-state index contributed by atoms with van der Waals surface area (Å²) >= 11 is 6.93. The molecular formula is C18H18ClFN4O3S2. The molecule has 0 saturated heterocycles. The van der Waals surface area contributed by atoms with Crippen molar-refractivity contribution in [3.63, 3.8) is 0 Å². The molecule has 0 aliphatic heterocycles. The van der Waals surface area contributed by atoms with Crippen molar-refractivity contribution in [1.29, 1.82) is 0 Å². The number of anilines is 1. The lowest BCUT2D eigenvalue weighted by atomic mass is 10.3. The van der Waals surface area contributed by atoms with Crippen molar-refractivity contribution in [2.75, 3.05) is 11.1 Å². The maximum atomic E-state index is 13.2. The van der Waals surface area contributed by atoms with Crippen molar-refractivity contribution in [3.8, 4) is 0 Å². The summed E-state index contributed by atoms with van der Waals surface area (Å²) in [7, 11) is -3.83. The number of aromatic nitrogens is 2. The van der Waals surface area contributed by atoms with Gasteiger partial charge in [-0.05, 0) is 42.8 Å². The van der Waals surface area contributed by atoms with Gasteiger partial charge in [0, 0.05) is 12.2 Å². The average molecular weight is 457 g/mol. The summed E-state index contributed by atoms with van der Waals surface area (Å²) in [6.45, 7) is 2.66. The number of benzene rings is 2. The number of aryl methyl sites for hydroxylation is 1. The molecule has 0 aliphatic rings. The van der Waals surface area contributed by atoms with Crippen LogP contribution >= 0.6 is 23.4 Å². The third-order valence-electron chi connectivity index (χ3n) is 4.00. The predicted molar refractivity (Wildman–Crippen MR) is 112 cm³/mol. The van der Waals surface area contributed by atoms with E-state index in [1.807, 2.05) is 11.5 Å². The summed E-state index contributed by atoms with van der Waals surface area (Å²) in [5.41, 5.74) is 1.63. The second-order valence-corrected chi connectivity index (χ2v) is 9.12. The lowest BCUT2D eigenvalue weighted by Crippen LogP contribution is -2.14. The van der Waals surface area contributed by atoms with Gasteiger partial charge in [0.15, 0.2) is 5.16 Å². The summed E-state index contributed by atoms with van der Waals surface area (Å²) < 4.78 is 38.3. The number of thioether (sulfide) groups is 1. The predicted octanol–water partition coefficient (Wildman–Crippen LogP) is 3.62. The number of nitrogens with two attached hydrogens (primary N) is 1. The number of rotatable bonds is 7. The maximum Gasteiger partial charge on any atom is 0.238 e. The van der Waals surface area contributed by atoms with E-state index in [9.17, 15) is 17.6 Å². The van der Waals surface area contributed by atoms with E-state index in [0.29, 0.717) is 22.9 Å². The first kappa shape index (κ1) is 21.6. The number of hydrogen-bond donors (Lipinski definition) is 2. The first-order valence-electron chi connectivity index (χ1n) is 8.60. The molecule has 0 unspecified atom stereocenters. The minimum atomic E-state index is -3.83. The molecule has 2 aromatic carbocycles. The Bertz CT molecular complexity index is 1180. The van der Waals surface area contributed by atoms with E-state index in [4.69, 9.17) is 16.7 Å². The molecule has 7 nitrogen and oxygen atoms in total. The molecule has 154 valence electrons. The molecule has 0 saturated carbocycles. The van der Waals surface area contributed by atoms with Crippen LogP contribution in [0.5, 0.6) is 0 Å². The normalized spacial score (nSPS) is 11.7. The zero-order valence-electron chi connectivity index (χ0n) is 15.4. The highest BCUT2D eigenvalue weighted by atomic mass is 35.5. The van der Waals surface area contributed by atoms with Crippen LogP contribution in [0.3, 0.4) is 0 Å². The molecule has 0 aliphatic carbocycles. The van der Waals surface area contributed by atoms with Gasteiger partial charge in [0.1, 0.15) is 5.82 Å². The number of fused-ring (bicyclic) bond motifs is 1. The number of sulfonamides is 1. The fourth-order valence-corrected chi connectivity index (χ4v) is 4.27. The minimum absolute atomic E-state index is 0.0198. The monoisotopic (exact) mass is 456 g/mol. The second kappa shape index (κ2) is 8.70. The van der Waals surface area contributed by atoms with Gasteiger partial charge in [-0.25, -0.2) is 22.9 Å². The molecule has 0 atom stereocenters. The molecule has 0 spiro atoms. The van der Waals surface area contributed by atoms with Crippen molar-refractivity contribution in [1.82, 2.24) is 9.55 Å². The van der Waals surface area contributed by atoms with Gasteiger partial charge in [-0.15, -0.1) is 0 Å². The Kier molecular flexibility index (Phi) is 6.47. The number of primary sulfonamides is 1. The molecule has 0 bridgehead atoms. The van der Waals surface area contributed by atoms with Crippen molar-refractivity contribution in [3.05, 3.63) is 47.2 Å². The highest BCUT2D eigenvalue weighted by Crippen LogP contribution is 2.27. The number of imidazole rings is 1. The fourth-order valence-electron chi connectivity index (χ4n) is 2.72. The number of nitrogens with one attached hydrogen (secondary N) is 1. The average Bonchev–Trinajstić information content (AvgIpc) is 3.00. The van der Waals surface area contributed by atoms with Crippen LogP contribution in [0, 0.1) is 5.82 Å². The first-order valence-corrected chi connectivity index (χ1v) is 11.5. The number of amides is 1. The van der Waals surface area contributed by atoms with Crippen molar-refractivity contribution in [2.24, 2.45) is 5.14 Å². The number of carbonyl (C=O) groups excluding carboxylic acids is 1. The van der Waals surface area contributed by atoms with Gasteiger partial charge in [-0.1, -0.05) is 30.3 Å². The van der Waals surface area contributed by atoms with E-state index >= 15 is 0 Å². The van der Waals surface area contributed by atoms with Gasteiger partial charge in [0.25, 0.3) is 0 Å². The molecule has 3 N–H and O–H groups in total. The van der Waals surface area contributed by atoms with E-state index in [-0.39, 0.29) is 21.6 Å². The van der Waals surface area contributed by atoms with Crippen LogP contribution in [0.1, 0.15) is 13.3 Å². The summed E-state index contributed by atoms with van der Waals surface area (Å²) in [6.07, 6.45) is 0.830. The Morgan fingerprint density at radius 1 is 1.31 bits per heavy atom. The number of halogens is 2. The quantitative estimate of drug-likeness (QED) is 0.528. The van der Waals surface area contributed by atoms with Crippen LogP contribution < -0.4 is 10.5 Å². The topological polar surface area (TPSA) is 107 Å². The highest BCUT2D eigenvalue weighted by molar-refractivity contribution is 7.99. The van der Waals surface area contributed by atoms with Gasteiger partial charge in [-0.2, -0.15) is 0 Å². The third-order valence-corrected chi connectivity index (χ3v) is 6.17. The molecule has 1 heterocycles. The Hall–Kier alpha value is -2.14. The first-order chi connectivity index (χ1) is 13.7. The zero-order valence-corrected chi connectivity index (χ0v) is 17.7. The molecule has 1 aromatic heterocycles. The minimum Gasteiger partial charge on any atom is -0.325 e. The van der Waals surface area contributed by atoms with Gasteiger partial charge in [0.05, 0.1) is 26.7 Å². The Labute approximate surface area is 176 Å². The second-order valence-electron chi connectivity index (χ2n) is 6.21. The van der Waals surface area contributed by atoms with E-state index < -0.39 is 15.8 Å². The third kappa shape index (κ3) is 5.08. The number of hydrogen-bond acceptors (Lipinski definition) is 5. The van der Waals surface area contributed by atoms with Gasteiger partial charge >= 0.3 is 0 Å². The van der Waals surface area contributed by atoms with Crippen molar-refractivity contribution < 1.29 is 17.6 Å². The molecule has 3 aromatic rings. The Morgan fingerprint density at radius 2 is 2.07 bits per heavy atom. The number of nitrogens with zero attached hydrogens (tertiary/aromatic N) is 2. The molecule has 0 radical (unpaired) electrons. The Morgan fingerprint density at radius 3 is 2.72 bits per heavy atom. The summed E-state index contributed by atoms with van der Waals surface area (Å²) in [5.74, 6) is -0.812. The zero-order chi connectivity index (χ0) is 21.2. The molecule has 0 fully saturated rings. The van der Waals surface area contributed by atoms with Gasteiger partial charge < -0.3 is 9.88 Å². The maximum absolute atomic E-state index is 13.2. The van der Waals surface area contributed by atoms with Crippen LogP contribution in [-0.2, 0) is 21.4 Å². The van der Waals surface area contributed by atoms with E-state index in [1.165, 1.54) is 42.1 Å². The highest BCUT2D eigenvalue weighted by Gasteiger charge is 2.16. The standard InChI is InChI=1S/C18H18ClFN4O3S2/c1-2-7-24-16-6-4-12(29(21,26)27)9-15(16)23-18(24)28-10-17(25)22-11-3-5-14(20)13(19)8-11/h3-6,8-9H,2,7,10H2,1H3,(H,22,25)(H2,21,26,27). The largest absolute Gasteiger partial charge is 0.325 e. The van der Waals surface area contributed by atoms with Crippen molar-refractivity contribution >= 4 is 56.0 Å². The molecule has 11 heteroatoms. The van der Waals surface area contributed by atoms with Crippen molar-refractivity contribution in [2.45, 2.75) is 29.9 Å². The number of carbonyl (C=O) groups is 1. The summed E-state index contributed by atoms with van der Waals surface area (Å²) in [4.78, 5) is 16.7. The SMILES string of the molecule is CCCn1c(SCC(=O)Nc2ccc(F)c(Cl)c2)nc2cc(S(N)(=O)=O)ccc21. The summed E-state index contributed by atoms with van der Waals surface area (Å²) in [6, 6.07) is 8.44. The van der Waals surface area contributed by atoms with Crippen LogP contribution in [0.4, 0.5) is 10.1 Å². The smallest absolute Gasteiger partial charge is 0.238 e. The van der Waals surface area contributed by atoms with Crippen LogP contribution in [0.15, 0.2) is 46.5 Å². The van der Waals surface area contributed by atoms with E-state index in [0.717, 1.165) is 11.9 Å². The molecule has 29 heavy (non-hydrogen) atoms. The van der Waals surface area contributed by atoms with Gasteiger partial charge in [0.2, 0.25) is 15.9 Å². The fraction of sp³-hybridized carbons (Fsp3) is 0.222. The van der Waals surface area contributed by atoms with E-state index in [2.05, 4.69) is 10.3 Å².